The second-order valence-corrected chi connectivity index (χ2v) is 3.32. The second kappa shape index (κ2) is 6.87. The molecule has 0 aromatic heterocycles. The number of carbonyl (C=O) groups is 1. The lowest BCUT2D eigenvalue weighted by Gasteiger charge is -2.04. The molecule has 0 saturated carbocycles. The van der Waals surface area contributed by atoms with Crippen molar-refractivity contribution >= 4 is 23.4 Å². The zero-order chi connectivity index (χ0) is 11.8. The first kappa shape index (κ1) is 12.5. The predicted octanol–water partition coefficient (Wildman–Crippen LogP) is 2.44. The van der Waals surface area contributed by atoms with Gasteiger partial charge in [-0.25, -0.2) is 4.79 Å². The summed E-state index contributed by atoms with van der Waals surface area (Å²) in [4.78, 5) is 11.2. The van der Waals surface area contributed by atoms with Crippen molar-refractivity contribution in [3.63, 3.8) is 0 Å². The Kier molecular flexibility index (Phi) is 5.39. The third-order valence-corrected chi connectivity index (χ3v) is 1.93. The normalized spacial score (nSPS) is 10.4. The van der Waals surface area contributed by atoms with Crippen LogP contribution in [0.15, 0.2) is 36.4 Å². The molecule has 0 fully saturated rings. The highest BCUT2D eigenvalue weighted by molar-refractivity contribution is 6.30. The van der Waals surface area contributed by atoms with Crippen LogP contribution in [0, 0.1) is 0 Å². The molecule has 0 spiro atoms. The molecule has 5 heteroatoms. The van der Waals surface area contributed by atoms with Gasteiger partial charge < -0.3 is 9.84 Å². The van der Waals surface area contributed by atoms with Gasteiger partial charge in [0.1, 0.15) is 6.61 Å². The highest BCUT2D eigenvalue weighted by Gasteiger charge is 2.00. The summed E-state index contributed by atoms with van der Waals surface area (Å²) in [5.74, 6) is 0. The first-order valence-electron chi connectivity index (χ1n) is 4.67. The van der Waals surface area contributed by atoms with E-state index in [0.29, 0.717) is 10.7 Å². The zero-order valence-electron chi connectivity index (χ0n) is 8.52. The molecule has 1 rings (SSSR count). The molecular weight excluding hydrogens is 230 g/mol. The molecule has 0 aliphatic rings. The summed E-state index contributed by atoms with van der Waals surface area (Å²) in [5, 5.41) is 11.6. The van der Waals surface area contributed by atoms with Gasteiger partial charge in [0.05, 0.1) is 6.61 Å². The topological polar surface area (TPSA) is 58.6 Å². The number of ether oxygens (including phenoxy) is 1. The minimum atomic E-state index is -0.551. The molecule has 16 heavy (non-hydrogen) atoms. The van der Waals surface area contributed by atoms with Crippen molar-refractivity contribution in [1.82, 2.24) is 0 Å². The largest absolute Gasteiger partial charge is 0.445 e. The standard InChI is InChI=1S/C11H12ClNO3/c12-9-3-5-10(6-4-9)13-11(15)16-8-2-1-7-14/h1-6,14H,7-8H2,(H,13,15). The van der Waals surface area contributed by atoms with Crippen LogP contribution in [0.5, 0.6) is 0 Å². The third-order valence-electron chi connectivity index (χ3n) is 1.67. The van der Waals surface area contributed by atoms with E-state index >= 15 is 0 Å². The quantitative estimate of drug-likeness (QED) is 0.796. The number of anilines is 1. The Bertz CT molecular complexity index is 362. The highest BCUT2D eigenvalue weighted by atomic mass is 35.5. The first-order valence-corrected chi connectivity index (χ1v) is 5.05. The molecule has 0 radical (unpaired) electrons. The van der Waals surface area contributed by atoms with Gasteiger partial charge in [-0.15, -0.1) is 0 Å². The molecule has 0 unspecified atom stereocenters. The van der Waals surface area contributed by atoms with Gasteiger partial charge in [-0.1, -0.05) is 17.7 Å². The summed E-state index contributed by atoms with van der Waals surface area (Å²) < 4.78 is 4.80. The smallest absolute Gasteiger partial charge is 0.411 e. The van der Waals surface area contributed by atoms with E-state index in [9.17, 15) is 4.79 Å². The van der Waals surface area contributed by atoms with Crippen LogP contribution >= 0.6 is 11.6 Å². The van der Waals surface area contributed by atoms with E-state index < -0.39 is 6.09 Å². The number of nitrogens with one attached hydrogen (secondary N) is 1. The summed E-state index contributed by atoms with van der Waals surface area (Å²) in [5.41, 5.74) is 0.612. The van der Waals surface area contributed by atoms with Crippen molar-refractivity contribution in [3.05, 3.63) is 41.4 Å². The van der Waals surface area contributed by atoms with Crippen LogP contribution in [0.3, 0.4) is 0 Å². The maximum Gasteiger partial charge on any atom is 0.411 e. The fourth-order valence-electron chi connectivity index (χ4n) is 0.954. The second-order valence-electron chi connectivity index (χ2n) is 2.88. The van der Waals surface area contributed by atoms with Gasteiger partial charge >= 0.3 is 6.09 Å². The molecule has 0 heterocycles. The minimum absolute atomic E-state index is 0.0673. The van der Waals surface area contributed by atoms with Gasteiger partial charge in [-0.2, -0.15) is 0 Å². The minimum Gasteiger partial charge on any atom is -0.445 e. The van der Waals surface area contributed by atoms with E-state index in [4.69, 9.17) is 21.4 Å². The maximum absolute atomic E-state index is 11.2. The molecule has 4 nitrogen and oxygen atoms in total. The van der Waals surface area contributed by atoms with Crippen LogP contribution in [0.4, 0.5) is 10.5 Å². The Morgan fingerprint density at radius 3 is 2.69 bits per heavy atom. The van der Waals surface area contributed by atoms with E-state index in [1.165, 1.54) is 6.08 Å². The van der Waals surface area contributed by atoms with Gasteiger partial charge in [0.25, 0.3) is 0 Å². The Morgan fingerprint density at radius 1 is 1.38 bits per heavy atom. The predicted molar refractivity (Wildman–Crippen MR) is 62.6 cm³/mol. The molecule has 1 amide bonds. The molecule has 86 valence electrons. The molecule has 0 saturated heterocycles. The number of benzene rings is 1. The fraction of sp³-hybridized carbons (Fsp3) is 0.182. The highest BCUT2D eigenvalue weighted by Crippen LogP contribution is 2.13. The fourth-order valence-corrected chi connectivity index (χ4v) is 1.08. The lowest BCUT2D eigenvalue weighted by molar-refractivity contribution is 0.174. The van der Waals surface area contributed by atoms with E-state index in [0.717, 1.165) is 0 Å². The number of hydrogen-bond acceptors (Lipinski definition) is 3. The summed E-state index contributed by atoms with van der Waals surface area (Å²) in [6.07, 6.45) is 2.50. The number of aliphatic hydroxyl groups excluding tert-OH is 1. The Hall–Kier alpha value is -1.52. The lowest BCUT2D eigenvalue weighted by atomic mass is 10.3. The molecule has 1 aromatic carbocycles. The first-order chi connectivity index (χ1) is 7.72. The van der Waals surface area contributed by atoms with Crippen LogP contribution in [-0.2, 0) is 4.74 Å². The Morgan fingerprint density at radius 2 is 2.06 bits per heavy atom. The summed E-state index contributed by atoms with van der Waals surface area (Å²) in [6.45, 7) is 0.0577. The average Bonchev–Trinajstić information content (AvgIpc) is 2.28. The van der Waals surface area contributed by atoms with Crippen LogP contribution in [0.25, 0.3) is 0 Å². The molecule has 0 aliphatic heterocycles. The van der Waals surface area contributed by atoms with Gasteiger partial charge in [0, 0.05) is 10.7 Å². The third kappa shape index (κ3) is 4.82. The number of hydrogen-bond donors (Lipinski definition) is 2. The van der Waals surface area contributed by atoms with Crippen LogP contribution < -0.4 is 5.32 Å². The number of rotatable bonds is 4. The molecule has 0 aliphatic carbocycles. The monoisotopic (exact) mass is 241 g/mol. The van der Waals surface area contributed by atoms with Gasteiger partial charge in [0.15, 0.2) is 0 Å². The molecule has 0 bridgehead atoms. The number of carbonyl (C=O) groups excluding carboxylic acids is 1. The van der Waals surface area contributed by atoms with Crippen molar-refractivity contribution in [2.24, 2.45) is 0 Å². The maximum atomic E-state index is 11.2. The molecule has 0 atom stereocenters. The lowest BCUT2D eigenvalue weighted by Crippen LogP contribution is -2.13. The molecule has 2 N–H and O–H groups in total. The van der Waals surface area contributed by atoms with Crippen LogP contribution in [0.2, 0.25) is 5.02 Å². The van der Waals surface area contributed by atoms with Gasteiger partial charge in [-0.05, 0) is 30.3 Å². The zero-order valence-corrected chi connectivity index (χ0v) is 9.28. The van der Waals surface area contributed by atoms with Crippen LogP contribution in [0.1, 0.15) is 0 Å². The number of amides is 1. The van der Waals surface area contributed by atoms with E-state index in [1.54, 1.807) is 30.3 Å². The van der Waals surface area contributed by atoms with Crippen molar-refractivity contribution < 1.29 is 14.6 Å². The van der Waals surface area contributed by atoms with Crippen molar-refractivity contribution in [3.8, 4) is 0 Å². The summed E-state index contributed by atoms with van der Waals surface area (Å²) >= 11 is 5.69. The van der Waals surface area contributed by atoms with Crippen LogP contribution in [-0.4, -0.2) is 24.4 Å². The van der Waals surface area contributed by atoms with Crippen molar-refractivity contribution in [2.75, 3.05) is 18.5 Å². The van der Waals surface area contributed by atoms with Crippen molar-refractivity contribution in [2.45, 2.75) is 0 Å². The Labute approximate surface area is 98.5 Å². The van der Waals surface area contributed by atoms with Gasteiger partial charge in [0.2, 0.25) is 0 Å². The average molecular weight is 242 g/mol. The molecular formula is C11H12ClNO3. The number of halogens is 1. The SMILES string of the molecule is O=C(Nc1ccc(Cl)cc1)OCC=CCO. The van der Waals surface area contributed by atoms with Gasteiger partial charge in [-0.3, -0.25) is 5.32 Å². The summed E-state index contributed by atoms with van der Waals surface area (Å²) in [6, 6.07) is 6.69. The Balaban J connectivity index is 2.34. The summed E-state index contributed by atoms with van der Waals surface area (Å²) in [7, 11) is 0. The molecule has 1 aromatic rings. The van der Waals surface area contributed by atoms with E-state index in [1.807, 2.05) is 0 Å². The van der Waals surface area contributed by atoms with Crippen molar-refractivity contribution in [1.29, 1.82) is 0 Å². The van der Waals surface area contributed by atoms with E-state index in [2.05, 4.69) is 5.32 Å². The van der Waals surface area contributed by atoms with E-state index in [-0.39, 0.29) is 13.2 Å². The number of aliphatic hydroxyl groups is 1.